The molecule has 178 valence electrons. The molecule has 8 heteroatoms. The lowest BCUT2D eigenvalue weighted by molar-refractivity contribution is -0.139. The number of aliphatic carboxylic acids is 1. The summed E-state index contributed by atoms with van der Waals surface area (Å²) < 4.78 is 5.62. The number of fused-ring (bicyclic) bond motifs is 4. The van der Waals surface area contributed by atoms with Gasteiger partial charge in [-0.1, -0.05) is 48.5 Å². The van der Waals surface area contributed by atoms with Gasteiger partial charge in [0.1, 0.15) is 6.61 Å². The van der Waals surface area contributed by atoms with Gasteiger partial charge in [-0.25, -0.2) is 4.79 Å². The van der Waals surface area contributed by atoms with Gasteiger partial charge in [0, 0.05) is 18.5 Å². The number of benzene rings is 2. The largest absolute Gasteiger partial charge is 0.481 e. The third-order valence-corrected chi connectivity index (χ3v) is 7.44. The molecule has 4 N–H and O–H groups in total. The summed E-state index contributed by atoms with van der Waals surface area (Å²) in [6, 6.07) is 16.2. The van der Waals surface area contributed by atoms with E-state index in [1.54, 1.807) is 0 Å². The van der Waals surface area contributed by atoms with Gasteiger partial charge < -0.3 is 25.6 Å². The van der Waals surface area contributed by atoms with Crippen LogP contribution in [-0.2, 0) is 14.3 Å². The maximum absolute atomic E-state index is 12.7. The molecule has 8 nitrogen and oxygen atoms in total. The maximum Gasteiger partial charge on any atom is 0.407 e. The number of hydrogen-bond donors (Lipinski definition) is 4. The molecule has 1 unspecified atom stereocenters. The maximum atomic E-state index is 12.7. The van der Waals surface area contributed by atoms with Crippen LogP contribution < -0.4 is 10.6 Å². The minimum atomic E-state index is -1.12. The zero-order valence-corrected chi connectivity index (χ0v) is 18.7. The Morgan fingerprint density at radius 3 is 2.32 bits per heavy atom. The van der Waals surface area contributed by atoms with E-state index < -0.39 is 30.0 Å². The molecule has 2 aromatic rings. The molecule has 2 aromatic carbocycles. The Labute approximate surface area is 197 Å². The third kappa shape index (κ3) is 4.14. The molecule has 3 aliphatic carbocycles. The predicted molar refractivity (Wildman–Crippen MR) is 123 cm³/mol. The average molecular weight is 465 g/mol. The highest BCUT2D eigenvalue weighted by molar-refractivity contribution is 5.87. The highest BCUT2D eigenvalue weighted by Crippen LogP contribution is 2.63. The molecule has 0 saturated heterocycles. The smallest absolute Gasteiger partial charge is 0.407 e. The lowest BCUT2D eigenvalue weighted by Crippen LogP contribution is -2.40. The zero-order chi connectivity index (χ0) is 23.9. The Morgan fingerprint density at radius 2 is 1.68 bits per heavy atom. The highest BCUT2D eigenvalue weighted by atomic mass is 16.5. The van der Waals surface area contributed by atoms with Crippen LogP contribution in [0.1, 0.15) is 42.7 Å². The molecule has 5 rings (SSSR count). The van der Waals surface area contributed by atoms with Crippen LogP contribution in [0.2, 0.25) is 0 Å². The van der Waals surface area contributed by atoms with Gasteiger partial charge in [0.05, 0.1) is 17.9 Å². The molecule has 0 aromatic heterocycles. The van der Waals surface area contributed by atoms with Crippen molar-refractivity contribution in [3.63, 3.8) is 0 Å². The second kappa shape index (κ2) is 8.76. The van der Waals surface area contributed by atoms with Crippen molar-refractivity contribution in [2.45, 2.75) is 43.7 Å². The van der Waals surface area contributed by atoms with Crippen LogP contribution in [0.5, 0.6) is 0 Å². The van der Waals surface area contributed by atoms with Crippen LogP contribution in [0.4, 0.5) is 4.79 Å². The fourth-order valence-corrected chi connectivity index (χ4v) is 5.75. The van der Waals surface area contributed by atoms with Gasteiger partial charge in [0.15, 0.2) is 0 Å². The van der Waals surface area contributed by atoms with Crippen molar-refractivity contribution in [3.8, 4) is 11.1 Å². The Morgan fingerprint density at radius 1 is 1.03 bits per heavy atom. The minimum Gasteiger partial charge on any atom is -0.481 e. The summed E-state index contributed by atoms with van der Waals surface area (Å²) in [5.41, 5.74) is 4.11. The Kier molecular flexibility index (Phi) is 5.77. The van der Waals surface area contributed by atoms with Crippen LogP contribution in [0.15, 0.2) is 48.5 Å². The van der Waals surface area contributed by atoms with Crippen molar-refractivity contribution in [1.82, 2.24) is 10.6 Å². The molecule has 2 saturated carbocycles. The molecule has 2 fully saturated rings. The average Bonchev–Trinajstić information content (AvgIpc) is 3.24. The van der Waals surface area contributed by atoms with Crippen molar-refractivity contribution in [3.05, 3.63) is 59.7 Å². The quantitative estimate of drug-likeness (QED) is 0.476. The summed E-state index contributed by atoms with van der Waals surface area (Å²) in [6.45, 7) is 0.146. The highest BCUT2D eigenvalue weighted by Gasteiger charge is 2.65. The van der Waals surface area contributed by atoms with Crippen LogP contribution in [0.3, 0.4) is 0 Å². The van der Waals surface area contributed by atoms with E-state index in [9.17, 15) is 19.5 Å². The predicted octanol–water partition coefficient (Wildman–Crippen LogP) is 2.65. The molecule has 0 aliphatic heterocycles. The van der Waals surface area contributed by atoms with Crippen molar-refractivity contribution < 1.29 is 29.3 Å². The van der Waals surface area contributed by atoms with Crippen LogP contribution in [0, 0.1) is 11.3 Å². The van der Waals surface area contributed by atoms with Gasteiger partial charge >= 0.3 is 12.1 Å². The number of carboxylic acids is 1. The number of rotatable bonds is 8. The molecule has 3 aliphatic rings. The fraction of sp³-hybridized carbons (Fsp3) is 0.423. The fourth-order valence-electron chi connectivity index (χ4n) is 5.75. The second-order valence-corrected chi connectivity index (χ2v) is 9.63. The molecule has 0 heterocycles. The van der Waals surface area contributed by atoms with Crippen molar-refractivity contribution in [2.24, 2.45) is 11.3 Å². The van der Waals surface area contributed by atoms with Crippen LogP contribution in [0.25, 0.3) is 11.1 Å². The first-order valence-electron chi connectivity index (χ1n) is 11.7. The van der Waals surface area contributed by atoms with E-state index in [1.807, 2.05) is 24.3 Å². The molecule has 0 bridgehead atoms. The standard InChI is InChI=1S/C26H28N2O6/c29-17(10-23(30)31)13-27-24(32)26-11-15(26)9-16(12-26)28-25(33)34-14-22-20-7-3-1-5-18(20)19-6-2-4-8-21(19)22/h1-8,15-17,22,29H,9-14H2,(H,27,32)(H,28,33)(H,30,31)/t15-,16+,17?,26+/m1/s1. The molecule has 4 atom stereocenters. The molecule has 0 radical (unpaired) electrons. The first-order valence-corrected chi connectivity index (χ1v) is 11.7. The summed E-state index contributed by atoms with van der Waals surface area (Å²) >= 11 is 0. The van der Waals surface area contributed by atoms with Gasteiger partial charge in [0.2, 0.25) is 5.91 Å². The molecule has 34 heavy (non-hydrogen) atoms. The molecular weight excluding hydrogens is 436 g/mol. The summed E-state index contributed by atoms with van der Waals surface area (Å²) in [4.78, 5) is 35.9. The number of alkyl carbamates (subject to hydrolysis) is 1. The molecule has 2 amide bonds. The van der Waals surface area contributed by atoms with Crippen molar-refractivity contribution in [1.29, 1.82) is 0 Å². The number of carbonyl (C=O) groups excluding carboxylic acids is 2. The number of amides is 2. The minimum absolute atomic E-state index is 0.00974. The number of nitrogens with one attached hydrogen (secondary N) is 2. The Balaban J connectivity index is 1.13. The summed E-state index contributed by atoms with van der Waals surface area (Å²) in [6.07, 6.45) is -0.0518. The molecule has 0 spiro atoms. The van der Waals surface area contributed by atoms with E-state index in [1.165, 1.54) is 11.1 Å². The van der Waals surface area contributed by atoms with Gasteiger partial charge in [-0.15, -0.1) is 0 Å². The van der Waals surface area contributed by atoms with E-state index in [2.05, 4.69) is 34.9 Å². The third-order valence-electron chi connectivity index (χ3n) is 7.44. The topological polar surface area (TPSA) is 125 Å². The van der Waals surface area contributed by atoms with Gasteiger partial charge in [-0.2, -0.15) is 0 Å². The van der Waals surface area contributed by atoms with Crippen LogP contribution >= 0.6 is 0 Å². The van der Waals surface area contributed by atoms with E-state index in [-0.39, 0.29) is 36.9 Å². The Bertz CT molecular complexity index is 1090. The van der Waals surface area contributed by atoms with Gasteiger partial charge in [0.25, 0.3) is 0 Å². The number of aliphatic hydroxyl groups is 1. The Hall–Kier alpha value is -3.39. The normalized spacial score (nSPS) is 25.0. The number of carbonyl (C=O) groups is 3. The lowest BCUT2D eigenvalue weighted by atomic mass is 9.98. The zero-order valence-electron chi connectivity index (χ0n) is 18.7. The SMILES string of the molecule is O=C(O)CC(O)CNC(=O)[C@@]12C[C@@H](NC(=O)OCC3c4ccccc4-c4ccccc43)C[C@@H]1C2. The van der Waals surface area contributed by atoms with E-state index in [0.29, 0.717) is 12.8 Å². The number of ether oxygens (including phenoxy) is 1. The number of aliphatic hydroxyl groups excluding tert-OH is 1. The summed E-state index contributed by atoms with van der Waals surface area (Å²) in [5.74, 6) is -1.12. The number of hydrogen-bond acceptors (Lipinski definition) is 5. The summed E-state index contributed by atoms with van der Waals surface area (Å²) in [5, 5.41) is 24.0. The van der Waals surface area contributed by atoms with E-state index >= 15 is 0 Å². The van der Waals surface area contributed by atoms with E-state index in [4.69, 9.17) is 9.84 Å². The van der Waals surface area contributed by atoms with Gasteiger partial charge in [-0.05, 0) is 47.4 Å². The summed E-state index contributed by atoms with van der Waals surface area (Å²) in [7, 11) is 0. The lowest BCUT2D eigenvalue weighted by Gasteiger charge is -2.19. The monoisotopic (exact) mass is 464 g/mol. The first-order chi connectivity index (χ1) is 16.4. The van der Waals surface area contributed by atoms with Gasteiger partial charge in [-0.3, -0.25) is 9.59 Å². The van der Waals surface area contributed by atoms with Crippen LogP contribution in [-0.4, -0.2) is 53.5 Å². The van der Waals surface area contributed by atoms with Crippen molar-refractivity contribution >= 4 is 18.0 Å². The number of carboxylic acid groups (broad SMARTS) is 1. The first kappa shape index (κ1) is 22.4. The second-order valence-electron chi connectivity index (χ2n) is 9.63. The molecular formula is C26H28N2O6. The van der Waals surface area contributed by atoms with Crippen molar-refractivity contribution in [2.75, 3.05) is 13.2 Å². The van der Waals surface area contributed by atoms with E-state index in [0.717, 1.165) is 17.5 Å².